The lowest BCUT2D eigenvalue weighted by atomic mass is 10.2. The second kappa shape index (κ2) is 6.17. The van der Waals surface area contributed by atoms with Crippen LogP contribution in [0.25, 0.3) is 0 Å². The highest BCUT2D eigenvalue weighted by Gasteiger charge is 2.25. The van der Waals surface area contributed by atoms with Crippen LogP contribution in [0, 0.1) is 11.6 Å². The third-order valence-electron chi connectivity index (χ3n) is 3.65. The van der Waals surface area contributed by atoms with Crippen LogP contribution in [-0.2, 0) is 4.79 Å². The lowest BCUT2D eigenvalue weighted by Gasteiger charge is -2.37. The summed E-state index contributed by atoms with van der Waals surface area (Å²) in [5, 5.41) is 2.91. The number of likely N-dealkylation sites (N-methyl/N-ethyl adjacent to an activating group) is 1. The molecule has 0 bridgehead atoms. The van der Waals surface area contributed by atoms with Crippen LogP contribution in [-0.4, -0.2) is 50.1 Å². The number of carbonyl (C=O) groups excluding carboxylic acids is 1. The maximum absolute atomic E-state index is 13.7. The monoisotopic (exact) mass is 283 g/mol. The number of amides is 1. The summed E-state index contributed by atoms with van der Waals surface area (Å²) in [5.74, 6) is -1.09. The van der Waals surface area contributed by atoms with Crippen LogP contribution in [0.15, 0.2) is 18.2 Å². The predicted molar refractivity (Wildman–Crippen MR) is 73.7 cm³/mol. The molecule has 0 aromatic heterocycles. The zero-order valence-electron chi connectivity index (χ0n) is 11.7. The Hall–Kier alpha value is -1.69. The highest BCUT2D eigenvalue weighted by atomic mass is 19.1. The van der Waals surface area contributed by atoms with Crippen LogP contribution in [0.2, 0.25) is 0 Å². The number of anilines is 1. The molecule has 1 fully saturated rings. The van der Waals surface area contributed by atoms with Crippen LogP contribution >= 0.6 is 0 Å². The molecule has 2 rings (SSSR count). The van der Waals surface area contributed by atoms with E-state index in [9.17, 15) is 13.6 Å². The van der Waals surface area contributed by atoms with E-state index in [-0.39, 0.29) is 11.9 Å². The first kappa shape index (κ1) is 14.7. The second-order valence-corrected chi connectivity index (χ2v) is 4.92. The smallest absolute Gasteiger partial charge is 0.239 e. The van der Waals surface area contributed by atoms with Crippen LogP contribution in [0.3, 0.4) is 0 Å². The molecule has 6 heteroatoms. The summed E-state index contributed by atoms with van der Waals surface area (Å²) in [6.45, 7) is 3.99. The van der Waals surface area contributed by atoms with Crippen molar-refractivity contribution in [1.29, 1.82) is 0 Å². The number of nitrogens with zero attached hydrogens (tertiary/aromatic N) is 2. The molecule has 1 amide bonds. The fourth-order valence-electron chi connectivity index (χ4n) is 2.30. The van der Waals surface area contributed by atoms with Crippen molar-refractivity contribution in [2.45, 2.75) is 13.0 Å². The van der Waals surface area contributed by atoms with Gasteiger partial charge in [0.05, 0.1) is 11.7 Å². The molecule has 1 aliphatic rings. The molecule has 1 aromatic carbocycles. The standard InChI is InChI=1S/C14H19F2N3O/c1-10(17-2)14(20)19-7-5-18(6-8-19)13-4-3-11(15)9-12(13)16/h3-4,9-10,17H,5-8H2,1-2H3. The van der Waals surface area contributed by atoms with Gasteiger partial charge in [0, 0.05) is 32.2 Å². The molecule has 1 aliphatic heterocycles. The summed E-state index contributed by atoms with van der Waals surface area (Å²) >= 11 is 0. The Morgan fingerprint density at radius 1 is 1.25 bits per heavy atom. The molecule has 0 saturated carbocycles. The van der Waals surface area contributed by atoms with Crippen molar-refractivity contribution in [3.8, 4) is 0 Å². The van der Waals surface area contributed by atoms with Crippen molar-refractivity contribution < 1.29 is 13.6 Å². The predicted octanol–water partition coefficient (Wildman–Crippen LogP) is 1.22. The number of piperazine rings is 1. The Labute approximate surface area is 117 Å². The van der Waals surface area contributed by atoms with Gasteiger partial charge in [-0.2, -0.15) is 0 Å². The number of halogens is 2. The highest BCUT2D eigenvalue weighted by Crippen LogP contribution is 2.21. The maximum Gasteiger partial charge on any atom is 0.239 e. The molecule has 1 heterocycles. The Morgan fingerprint density at radius 3 is 2.45 bits per heavy atom. The van der Waals surface area contributed by atoms with E-state index < -0.39 is 11.6 Å². The molecule has 1 atom stereocenters. The van der Waals surface area contributed by atoms with Crippen molar-refractivity contribution in [1.82, 2.24) is 10.2 Å². The number of nitrogens with one attached hydrogen (secondary N) is 1. The van der Waals surface area contributed by atoms with Crippen LogP contribution in [0.1, 0.15) is 6.92 Å². The lowest BCUT2D eigenvalue weighted by molar-refractivity contribution is -0.133. The fraction of sp³-hybridized carbons (Fsp3) is 0.500. The molecule has 0 aliphatic carbocycles. The summed E-state index contributed by atoms with van der Waals surface area (Å²) in [6.07, 6.45) is 0. The summed E-state index contributed by atoms with van der Waals surface area (Å²) in [4.78, 5) is 15.6. The number of benzene rings is 1. The Kier molecular flexibility index (Phi) is 4.54. The molecule has 1 saturated heterocycles. The third-order valence-corrected chi connectivity index (χ3v) is 3.65. The van der Waals surface area contributed by atoms with Gasteiger partial charge in [-0.3, -0.25) is 4.79 Å². The zero-order chi connectivity index (χ0) is 14.7. The summed E-state index contributed by atoms with van der Waals surface area (Å²) in [6, 6.07) is 3.36. The number of hydrogen-bond donors (Lipinski definition) is 1. The average molecular weight is 283 g/mol. The SMILES string of the molecule is CNC(C)C(=O)N1CCN(c2ccc(F)cc2F)CC1. The Morgan fingerprint density at radius 2 is 1.90 bits per heavy atom. The van der Waals surface area contributed by atoms with Gasteiger partial charge in [0.2, 0.25) is 5.91 Å². The van der Waals surface area contributed by atoms with E-state index in [4.69, 9.17) is 0 Å². The Balaban J connectivity index is 1.99. The third kappa shape index (κ3) is 3.07. The minimum Gasteiger partial charge on any atom is -0.366 e. The van der Waals surface area contributed by atoms with Gasteiger partial charge in [-0.15, -0.1) is 0 Å². The minimum atomic E-state index is -0.581. The van der Waals surface area contributed by atoms with E-state index in [1.54, 1.807) is 11.9 Å². The highest BCUT2D eigenvalue weighted by molar-refractivity contribution is 5.81. The first-order chi connectivity index (χ1) is 9.52. The van der Waals surface area contributed by atoms with E-state index in [1.165, 1.54) is 12.1 Å². The topological polar surface area (TPSA) is 35.6 Å². The number of rotatable bonds is 3. The van der Waals surface area contributed by atoms with Gasteiger partial charge >= 0.3 is 0 Å². The molecule has 0 spiro atoms. The summed E-state index contributed by atoms with van der Waals surface area (Å²) in [5.41, 5.74) is 0.389. The molecule has 1 aromatic rings. The zero-order valence-corrected chi connectivity index (χ0v) is 11.7. The quantitative estimate of drug-likeness (QED) is 0.906. The fourth-order valence-corrected chi connectivity index (χ4v) is 2.30. The molecule has 0 radical (unpaired) electrons. The maximum atomic E-state index is 13.7. The van der Waals surface area contributed by atoms with Gasteiger partial charge in [-0.05, 0) is 26.1 Å². The van der Waals surface area contributed by atoms with E-state index in [2.05, 4.69) is 5.32 Å². The van der Waals surface area contributed by atoms with E-state index in [0.29, 0.717) is 31.9 Å². The van der Waals surface area contributed by atoms with Gasteiger partial charge in [0.15, 0.2) is 0 Å². The van der Waals surface area contributed by atoms with E-state index in [0.717, 1.165) is 6.07 Å². The largest absolute Gasteiger partial charge is 0.366 e. The van der Waals surface area contributed by atoms with E-state index >= 15 is 0 Å². The minimum absolute atomic E-state index is 0.0479. The molecule has 1 unspecified atom stereocenters. The van der Waals surface area contributed by atoms with Crippen molar-refractivity contribution in [3.63, 3.8) is 0 Å². The summed E-state index contributed by atoms with van der Waals surface area (Å²) < 4.78 is 26.6. The molecule has 4 nitrogen and oxygen atoms in total. The first-order valence-corrected chi connectivity index (χ1v) is 6.69. The van der Waals surface area contributed by atoms with Gasteiger partial charge in [0.25, 0.3) is 0 Å². The first-order valence-electron chi connectivity index (χ1n) is 6.69. The van der Waals surface area contributed by atoms with Gasteiger partial charge in [0.1, 0.15) is 11.6 Å². The van der Waals surface area contributed by atoms with Gasteiger partial charge < -0.3 is 15.1 Å². The van der Waals surface area contributed by atoms with Gasteiger partial charge in [-0.1, -0.05) is 0 Å². The Bertz CT molecular complexity index is 487. The number of carbonyl (C=O) groups is 1. The average Bonchev–Trinajstić information content (AvgIpc) is 2.46. The number of hydrogen-bond acceptors (Lipinski definition) is 3. The van der Waals surface area contributed by atoms with Crippen molar-refractivity contribution in [3.05, 3.63) is 29.8 Å². The van der Waals surface area contributed by atoms with E-state index in [1.807, 2.05) is 11.8 Å². The van der Waals surface area contributed by atoms with Crippen LogP contribution in [0.5, 0.6) is 0 Å². The van der Waals surface area contributed by atoms with Crippen molar-refractivity contribution in [2.24, 2.45) is 0 Å². The molecule has 1 N–H and O–H groups in total. The lowest BCUT2D eigenvalue weighted by Crippen LogP contribution is -2.53. The van der Waals surface area contributed by atoms with Crippen LogP contribution in [0.4, 0.5) is 14.5 Å². The second-order valence-electron chi connectivity index (χ2n) is 4.92. The summed E-state index contributed by atoms with van der Waals surface area (Å²) in [7, 11) is 1.74. The molecular formula is C14H19F2N3O. The molecular weight excluding hydrogens is 264 g/mol. The van der Waals surface area contributed by atoms with Gasteiger partial charge in [-0.25, -0.2) is 8.78 Å². The molecule has 20 heavy (non-hydrogen) atoms. The van der Waals surface area contributed by atoms with Crippen molar-refractivity contribution in [2.75, 3.05) is 38.1 Å². The normalized spacial score (nSPS) is 17.2. The van der Waals surface area contributed by atoms with Crippen molar-refractivity contribution >= 4 is 11.6 Å². The van der Waals surface area contributed by atoms with Crippen LogP contribution < -0.4 is 10.2 Å². The molecule has 110 valence electrons.